The quantitative estimate of drug-likeness (QED) is 0.607. The Labute approximate surface area is 164 Å². The standard InChI is InChI=1S/C22H34FNO2Si/c1-21(2,3)27(5,6)26-22(4)14-18-8-7-9-20(25)24(18)19(15-22)16-10-12-17(23)13-11-16/h10-13,18-19H,7-9,14-15H2,1-6H3/t18-,19-,22-/m0/s1. The van der Waals surface area contributed by atoms with Crippen LogP contribution in [0.2, 0.25) is 18.1 Å². The molecule has 3 rings (SSSR count). The molecule has 0 N–H and O–H groups in total. The number of carbonyl (C=O) groups is 1. The summed E-state index contributed by atoms with van der Waals surface area (Å²) in [7, 11) is -1.94. The summed E-state index contributed by atoms with van der Waals surface area (Å²) in [6.07, 6.45) is 4.26. The molecule has 0 unspecified atom stereocenters. The summed E-state index contributed by atoms with van der Waals surface area (Å²) >= 11 is 0. The molecular weight excluding hydrogens is 357 g/mol. The maximum absolute atomic E-state index is 13.5. The molecule has 2 aliphatic heterocycles. The molecule has 150 valence electrons. The first-order valence-corrected chi connectivity index (χ1v) is 13.1. The van der Waals surface area contributed by atoms with Gasteiger partial charge in [0, 0.05) is 12.5 Å². The normalized spacial score (nSPS) is 29.6. The highest BCUT2D eigenvalue weighted by Crippen LogP contribution is 2.48. The van der Waals surface area contributed by atoms with Gasteiger partial charge in [-0.1, -0.05) is 32.9 Å². The second-order valence-electron chi connectivity index (χ2n) is 10.1. The molecule has 0 bridgehead atoms. The van der Waals surface area contributed by atoms with Crippen LogP contribution in [0.4, 0.5) is 4.39 Å². The van der Waals surface area contributed by atoms with Crippen molar-refractivity contribution in [3.05, 3.63) is 35.6 Å². The van der Waals surface area contributed by atoms with Crippen LogP contribution in [0, 0.1) is 5.82 Å². The zero-order chi connectivity index (χ0) is 20.0. The van der Waals surface area contributed by atoms with E-state index in [4.69, 9.17) is 4.43 Å². The van der Waals surface area contributed by atoms with Gasteiger partial charge in [0.1, 0.15) is 5.82 Å². The Balaban J connectivity index is 1.95. The van der Waals surface area contributed by atoms with Gasteiger partial charge in [-0.3, -0.25) is 4.79 Å². The number of piperidine rings is 2. The number of amides is 1. The zero-order valence-electron chi connectivity index (χ0n) is 17.6. The van der Waals surface area contributed by atoms with Crippen molar-refractivity contribution in [1.29, 1.82) is 0 Å². The molecule has 1 aromatic carbocycles. The average Bonchev–Trinajstić information content (AvgIpc) is 2.52. The summed E-state index contributed by atoms with van der Waals surface area (Å²) in [6, 6.07) is 6.84. The minimum atomic E-state index is -1.94. The van der Waals surface area contributed by atoms with Gasteiger partial charge in [-0.25, -0.2) is 4.39 Å². The monoisotopic (exact) mass is 391 g/mol. The van der Waals surface area contributed by atoms with Gasteiger partial charge in [0.05, 0.1) is 11.6 Å². The average molecular weight is 392 g/mol. The SMILES string of the molecule is CC(C)(C)[Si](C)(C)O[C@@]1(C)C[C@@H]2CCCC(=O)N2[C@H](c2ccc(F)cc2)C1. The summed E-state index contributed by atoms with van der Waals surface area (Å²) in [5.41, 5.74) is 0.752. The molecule has 5 heteroatoms. The Morgan fingerprint density at radius 2 is 1.81 bits per heavy atom. The number of carbonyl (C=O) groups excluding carboxylic acids is 1. The first kappa shape index (κ1) is 20.5. The lowest BCUT2D eigenvalue weighted by atomic mass is 9.77. The molecule has 2 aliphatic rings. The number of nitrogens with zero attached hydrogens (tertiary/aromatic N) is 1. The third-order valence-corrected chi connectivity index (χ3v) is 11.4. The van der Waals surface area contributed by atoms with Gasteiger partial charge in [-0.15, -0.1) is 0 Å². The van der Waals surface area contributed by atoms with E-state index in [0.717, 1.165) is 31.2 Å². The van der Waals surface area contributed by atoms with Gasteiger partial charge in [-0.2, -0.15) is 0 Å². The first-order chi connectivity index (χ1) is 12.4. The van der Waals surface area contributed by atoms with Crippen molar-refractivity contribution in [2.24, 2.45) is 0 Å². The van der Waals surface area contributed by atoms with Gasteiger partial charge < -0.3 is 9.33 Å². The van der Waals surface area contributed by atoms with Crippen molar-refractivity contribution in [1.82, 2.24) is 4.90 Å². The van der Waals surface area contributed by atoms with Crippen LogP contribution in [0.3, 0.4) is 0 Å². The lowest BCUT2D eigenvalue weighted by Gasteiger charge is -2.54. The largest absolute Gasteiger partial charge is 0.411 e. The van der Waals surface area contributed by atoms with Crippen LogP contribution in [0.25, 0.3) is 0 Å². The molecule has 2 saturated heterocycles. The molecule has 3 atom stereocenters. The number of benzene rings is 1. The summed E-state index contributed by atoms with van der Waals surface area (Å²) in [5.74, 6) is -0.00804. The fraction of sp³-hybridized carbons (Fsp3) is 0.682. The van der Waals surface area contributed by atoms with Gasteiger partial charge in [0.25, 0.3) is 0 Å². The zero-order valence-corrected chi connectivity index (χ0v) is 18.6. The second kappa shape index (κ2) is 7.00. The van der Waals surface area contributed by atoms with Crippen LogP contribution >= 0.6 is 0 Å². The molecule has 2 fully saturated rings. The molecule has 27 heavy (non-hydrogen) atoms. The van der Waals surface area contributed by atoms with E-state index in [0.29, 0.717) is 6.42 Å². The van der Waals surface area contributed by atoms with Crippen LogP contribution < -0.4 is 0 Å². The maximum Gasteiger partial charge on any atom is 0.223 e. The smallest absolute Gasteiger partial charge is 0.223 e. The van der Waals surface area contributed by atoms with E-state index in [1.165, 1.54) is 12.1 Å². The van der Waals surface area contributed by atoms with Gasteiger partial charge in [0.15, 0.2) is 8.32 Å². The highest BCUT2D eigenvalue weighted by atomic mass is 28.4. The Morgan fingerprint density at radius 1 is 1.19 bits per heavy atom. The topological polar surface area (TPSA) is 29.5 Å². The number of fused-ring (bicyclic) bond motifs is 1. The van der Waals surface area contributed by atoms with Crippen LogP contribution in [0.15, 0.2) is 24.3 Å². The molecule has 1 amide bonds. The van der Waals surface area contributed by atoms with E-state index < -0.39 is 8.32 Å². The maximum atomic E-state index is 13.5. The van der Waals surface area contributed by atoms with Crippen molar-refractivity contribution in [2.45, 2.75) is 95.6 Å². The third kappa shape index (κ3) is 4.14. The molecular formula is C22H34FNO2Si. The van der Waals surface area contributed by atoms with Crippen LogP contribution in [0.1, 0.15) is 71.4 Å². The number of hydrogen-bond acceptors (Lipinski definition) is 2. The highest BCUT2D eigenvalue weighted by molar-refractivity contribution is 6.74. The van der Waals surface area contributed by atoms with E-state index in [-0.39, 0.29) is 34.4 Å². The minimum Gasteiger partial charge on any atom is -0.411 e. The highest BCUT2D eigenvalue weighted by Gasteiger charge is 2.50. The molecule has 0 aromatic heterocycles. The number of halogens is 1. The summed E-state index contributed by atoms with van der Waals surface area (Å²) in [6.45, 7) is 13.6. The lowest BCUT2D eigenvalue weighted by Crippen LogP contribution is -2.59. The van der Waals surface area contributed by atoms with E-state index in [9.17, 15) is 9.18 Å². The Bertz CT molecular complexity index is 697. The van der Waals surface area contributed by atoms with Crippen LogP contribution in [-0.4, -0.2) is 30.8 Å². The molecule has 2 heterocycles. The molecule has 0 saturated carbocycles. The van der Waals surface area contributed by atoms with Crippen molar-refractivity contribution in [2.75, 3.05) is 0 Å². The molecule has 3 nitrogen and oxygen atoms in total. The summed E-state index contributed by atoms with van der Waals surface area (Å²) in [5, 5.41) is 0.140. The molecule has 1 aromatic rings. The molecule has 0 spiro atoms. The number of rotatable bonds is 3. The number of hydrogen-bond donors (Lipinski definition) is 0. The fourth-order valence-corrected chi connectivity index (χ4v) is 6.20. The van der Waals surface area contributed by atoms with Crippen molar-refractivity contribution in [3.8, 4) is 0 Å². The Kier molecular flexibility index (Phi) is 5.32. The van der Waals surface area contributed by atoms with Crippen LogP contribution in [-0.2, 0) is 9.22 Å². The molecule has 0 aliphatic carbocycles. The fourth-order valence-electron chi connectivity index (χ4n) is 4.49. The van der Waals surface area contributed by atoms with E-state index in [2.05, 4.69) is 45.7 Å². The summed E-state index contributed by atoms with van der Waals surface area (Å²) in [4.78, 5) is 14.8. The molecule has 0 radical (unpaired) electrons. The predicted octanol–water partition coefficient (Wildman–Crippen LogP) is 5.82. The van der Waals surface area contributed by atoms with Gasteiger partial charge in [-0.05, 0) is 68.4 Å². The van der Waals surface area contributed by atoms with E-state index >= 15 is 0 Å². The summed E-state index contributed by atoms with van der Waals surface area (Å²) < 4.78 is 20.4. The first-order valence-electron chi connectivity index (χ1n) is 10.2. The van der Waals surface area contributed by atoms with Gasteiger partial charge in [0.2, 0.25) is 5.91 Å². The third-order valence-electron chi connectivity index (χ3n) is 6.80. The Hall–Kier alpha value is -1.20. The minimum absolute atomic E-state index is 0.0353. The predicted molar refractivity (Wildman–Crippen MR) is 110 cm³/mol. The second-order valence-corrected chi connectivity index (χ2v) is 14.9. The Morgan fingerprint density at radius 3 is 2.41 bits per heavy atom. The van der Waals surface area contributed by atoms with E-state index in [1.807, 2.05) is 12.1 Å². The van der Waals surface area contributed by atoms with Crippen molar-refractivity contribution >= 4 is 14.2 Å². The van der Waals surface area contributed by atoms with Crippen LogP contribution in [0.5, 0.6) is 0 Å². The van der Waals surface area contributed by atoms with Crippen molar-refractivity contribution in [3.63, 3.8) is 0 Å². The lowest BCUT2D eigenvalue weighted by molar-refractivity contribution is -0.149. The van der Waals surface area contributed by atoms with E-state index in [1.54, 1.807) is 0 Å². The van der Waals surface area contributed by atoms with Gasteiger partial charge >= 0.3 is 0 Å². The van der Waals surface area contributed by atoms with Crippen molar-refractivity contribution < 1.29 is 13.6 Å².